The first-order valence-electron chi connectivity index (χ1n) is 8.67. The van der Waals surface area contributed by atoms with Crippen LogP contribution in [0.2, 0.25) is 0 Å². The summed E-state index contributed by atoms with van der Waals surface area (Å²) in [6.45, 7) is -0.973. The molecule has 0 saturated carbocycles. The van der Waals surface area contributed by atoms with E-state index in [-0.39, 0.29) is 17.6 Å². The minimum atomic E-state index is -2.91. The van der Waals surface area contributed by atoms with Crippen molar-refractivity contribution in [3.63, 3.8) is 0 Å². The number of guanidine groups is 1. The Bertz CT molecular complexity index is 871. The number of carbonyl (C=O) groups is 1. The third-order valence-corrected chi connectivity index (χ3v) is 4.65. The van der Waals surface area contributed by atoms with Crippen molar-refractivity contribution in [3.05, 3.63) is 65.2 Å². The summed E-state index contributed by atoms with van der Waals surface area (Å²) in [4.78, 5) is 18.9. The number of rotatable bonds is 6. The molecule has 2 aromatic rings. The quantitative estimate of drug-likeness (QED) is 0.845. The molecule has 1 heterocycles. The normalized spacial score (nSPS) is 19.5. The molecule has 7 heteroatoms. The standard InChI is InChI=1S/C20H21F2N3O2/c1-3-7-13-12-15(10-11-16(13)27-18(21)22)20(14-8-5-4-6-9-14)17(26)25(2)19(23)24-20/h4-6,8-12,18H,3,7H2,1-2H3,(H2,23,24)/t20-/m1/s1. The number of amides is 1. The predicted molar refractivity (Wildman–Crippen MR) is 98.7 cm³/mol. The second-order valence-corrected chi connectivity index (χ2v) is 6.36. The molecule has 0 aromatic heterocycles. The lowest BCUT2D eigenvalue weighted by Gasteiger charge is -2.27. The SMILES string of the molecule is CCCc1cc([C@@]2(c3ccccc3)N=C(N)N(C)C2=O)ccc1OC(F)F. The van der Waals surface area contributed by atoms with Gasteiger partial charge in [-0.15, -0.1) is 0 Å². The van der Waals surface area contributed by atoms with Crippen LogP contribution in [0.3, 0.4) is 0 Å². The first kappa shape index (κ1) is 18.8. The molecule has 0 fully saturated rings. The van der Waals surface area contributed by atoms with E-state index in [1.54, 1.807) is 31.3 Å². The third-order valence-electron chi connectivity index (χ3n) is 4.65. The van der Waals surface area contributed by atoms with E-state index in [0.29, 0.717) is 23.1 Å². The number of aryl methyl sites for hydroxylation is 1. The number of carbonyl (C=O) groups excluding carboxylic acids is 1. The molecule has 1 aliphatic heterocycles. The van der Waals surface area contributed by atoms with Crippen LogP contribution in [0.15, 0.2) is 53.5 Å². The molecular formula is C20H21F2N3O2. The number of hydrogen-bond acceptors (Lipinski definition) is 4. The molecule has 2 N–H and O–H groups in total. The molecule has 5 nitrogen and oxygen atoms in total. The second kappa shape index (κ2) is 7.34. The maximum absolute atomic E-state index is 13.2. The second-order valence-electron chi connectivity index (χ2n) is 6.36. The van der Waals surface area contributed by atoms with Gasteiger partial charge in [0, 0.05) is 7.05 Å². The fourth-order valence-corrected chi connectivity index (χ4v) is 3.34. The minimum absolute atomic E-state index is 0.105. The number of ether oxygens (including phenoxy) is 1. The molecule has 27 heavy (non-hydrogen) atoms. The molecule has 142 valence electrons. The van der Waals surface area contributed by atoms with Gasteiger partial charge in [-0.3, -0.25) is 9.69 Å². The maximum atomic E-state index is 13.2. The highest BCUT2D eigenvalue weighted by atomic mass is 19.3. The van der Waals surface area contributed by atoms with Crippen molar-refractivity contribution in [2.45, 2.75) is 31.9 Å². The Hall–Kier alpha value is -2.96. The van der Waals surface area contributed by atoms with Crippen molar-refractivity contribution in [2.24, 2.45) is 10.7 Å². The zero-order chi connectivity index (χ0) is 19.6. The smallest absolute Gasteiger partial charge is 0.387 e. The molecule has 3 rings (SSSR count). The lowest BCUT2D eigenvalue weighted by Crippen LogP contribution is -2.41. The van der Waals surface area contributed by atoms with E-state index in [1.165, 1.54) is 11.0 Å². The molecule has 1 atom stereocenters. The van der Waals surface area contributed by atoms with Crippen LogP contribution in [0.1, 0.15) is 30.0 Å². The van der Waals surface area contributed by atoms with E-state index < -0.39 is 12.2 Å². The van der Waals surface area contributed by atoms with Crippen molar-refractivity contribution in [3.8, 4) is 5.75 Å². The van der Waals surface area contributed by atoms with Gasteiger partial charge in [0.1, 0.15) is 5.75 Å². The van der Waals surface area contributed by atoms with Crippen molar-refractivity contribution >= 4 is 11.9 Å². The van der Waals surface area contributed by atoms with E-state index in [0.717, 1.165) is 6.42 Å². The number of nitrogens with zero attached hydrogens (tertiary/aromatic N) is 2. The summed E-state index contributed by atoms with van der Waals surface area (Å²) >= 11 is 0. The van der Waals surface area contributed by atoms with Crippen LogP contribution in [-0.4, -0.2) is 30.4 Å². The third kappa shape index (κ3) is 3.25. The highest BCUT2D eigenvalue weighted by Crippen LogP contribution is 2.40. The van der Waals surface area contributed by atoms with Crippen molar-refractivity contribution in [2.75, 3.05) is 7.05 Å². The Balaban J connectivity index is 2.20. The van der Waals surface area contributed by atoms with E-state index in [9.17, 15) is 13.6 Å². The lowest BCUT2D eigenvalue weighted by atomic mass is 9.82. The van der Waals surface area contributed by atoms with E-state index in [2.05, 4.69) is 9.73 Å². The Kier molecular flexibility index (Phi) is 5.12. The average molecular weight is 373 g/mol. The molecule has 0 spiro atoms. The number of aliphatic imine (C=N–C) groups is 1. The van der Waals surface area contributed by atoms with Crippen LogP contribution in [0.4, 0.5) is 8.78 Å². The Morgan fingerprint density at radius 2 is 1.89 bits per heavy atom. The first-order chi connectivity index (χ1) is 12.9. The summed E-state index contributed by atoms with van der Waals surface area (Å²) in [6, 6.07) is 13.9. The molecule has 2 aromatic carbocycles. The van der Waals surface area contributed by atoms with Gasteiger partial charge in [0.2, 0.25) is 0 Å². The minimum Gasteiger partial charge on any atom is -0.435 e. The molecule has 0 unspecified atom stereocenters. The Morgan fingerprint density at radius 3 is 2.44 bits per heavy atom. The van der Waals surface area contributed by atoms with Crippen LogP contribution in [0.25, 0.3) is 0 Å². The number of benzene rings is 2. The number of likely N-dealkylation sites (N-methyl/N-ethyl adjacent to an activating group) is 1. The molecule has 0 saturated heterocycles. The zero-order valence-corrected chi connectivity index (χ0v) is 15.2. The molecular weight excluding hydrogens is 352 g/mol. The van der Waals surface area contributed by atoms with E-state index in [4.69, 9.17) is 5.73 Å². The largest absolute Gasteiger partial charge is 0.435 e. The summed E-state index contributed by atoms with van der Waals surface area (Å²) < 4.78 is 30.1. The van der Waals surface area contributed by atoms with Gasteiger partial charge in [-0.25, -0.2) is 4.99 Å². The van der Waals surface area contributed by atoms with E-state index in [1.807, 2.05) is 25.1 Å². The van der Waals surface area contributed by atoms with Crippen LogP contribution < -0.4 is 10.5 Å². The number of nitrogens with two attached hydrogens (primary N) is 1. The molecule has 0 bridgehead atoms. The molecule has 0 aliphatic carbocycles. The summed E-state index contributed by atoms with van der Waals surface area (Å²) in [5.74, 6) is -0.0838. The number of alkyl halides is 2. The van der Waals surface area contributed by atoms with Gasteiger partial charge >= 0.3 is 6.61 Å². The van der Waals surface area contributed by atoms with Crippen molar-refractivity contribution < 1.29 is 18.3 Å². The van der Waals surface area contributed by atoms with Gasteiger partial charge in [0.15, 0.2) is 11.5 Å². The molecule has 1 amide bonds. The molecule has 0 radical (unpaired) electrons. The van der Waals surface area contributed by atoms with Gasteiger partial charge in [0.25, 0.3) is 5.91 Å². The fourth-order valence-electron chi connectivity index (χ4n) is 3.34. The summed E-state index contributed by atoms with van der Waals surface area (Å²) in [6.07, 6.45) is 1.27. The predicted octanol–water partition coefficient (Wildman–Crippen LogP) is 3.27. The Labute approximate surface area is 156 Å². The van der Waals surface area contributed by atoms with Gasteiger partial charge in [0.05, 0.1) is 0 Å². The lowest BCUT2D eigenvalue weighted by molar-refractivity contribution is -0.129. The fraction of sp³-hybridized carbons (Fsp3) is 0.300. The van der Waals surface area contributed by atoms with Crippen LogP contribution in [0, 0.1) is 0 Å². The number of halogens is 2. The average Bonchev–Trinajstić information content (AvgIpc) is 2.89. The highest BCUT2D eigenvalue weighted by Gasteiger charge is 2.49. The van der Waals surface area contributed by atoms with E-state index >= 15 is 0 Å². The van der Waals surface area contributed by atoms with Gasteiger partial charge in [-0.2, -0.15) is 8.78 Å². The van der Waals surface area contributed by atoms with Crippen molar-refractivity contribution in [1.29, 1.82) is 0 Å². The maximum Gasteiger partial charge on any atom is 0.387 e. The van der Waals surface area contributed by atoms with Gasteiger partial charge in [-0.1, -0.05) is 49.7 Å². The van der Waals surface area contributed by atoms with Gasteiger partial charge < -0.3 is 10.5 Å². The monoisotopic (exact) mass is 373 g/mol. The summed E-state index contributed by atoms with van der Waals surface area (Å²) in [5, 5.41) is 0. The van der Waals surface area contributed by atoms with Crippen LogP contribution in [0.5, 0.6) is 5.75 Å². The summed E-state index contributed by atoms with van der Waals surface area (Å²) in [7, 11) is 1.56. The van der Waals surface area contributed by atoms with Gasteiger partial charge in [-0.05, 0) is 35.2 Å². The zero-order valence-electron chi connectivity index (χ0n) is 15.2. The highest BCUT2D eigenvalue weighted by molar-refractivity contribution is 6.08. The topological polar surface area (TPSA) is 67.9 Å². The molecule has 1 aliphatic rings. The van der Waals surface area contributed by atoms with Crippen molar-refractivity contribution in [1.82, 2.24) is 4.90 Å². The van der Waals surface area contributed by atoms with Crippen LogP contribution in [-0.2, 0) is 16.8 Å². The Morgan fingerprint density at radius 1 is 1.19 bits per heavy atom. The van der Waals surface area contributed by atoms with Crippen LogP contribution >= 0.6 is 0 Å². The first-order valence-corrected chi connectivity index (χ1v) is 8.67. The number of hydrogen-bond donors (Lipinski definition) is 1. The summed E-state index contributed by atoms with van der Waals surface area (Å²) in [5.41, 5.74) is 6.43.